The van der Waals surface area contributed by atoms with Gasteiger partial charge < -0.3 is 4.74 Å². The monoisotopic (exact) mass is 429 g/mol. The van der Waals surface area contributed by atoms with Gasteiger partial charge in [-0.2, -0.15) is 0 Å². The summed E-state index contributed by atoms with van der Waals surface area (Å²) in [5.41, 5.74) is 2.87. The molecule has 1 aliphatic heterocycles. The molecule has 1 amide bonds. The minimum Gasteiger partial charge on any atom is -0.489 e. The molecule has 1 saturated heterocycles. The number of ether oxygens (including phenoxy) is 1. The second-order valence-electron chi connectivity index (χ2n) is 6.39. The van der Waals surface area contributed by atoms with E-state index in [-0.39, 0.29) is 11.3 Å². The van der Waals surface area contributed by atoms with Gasteiger partial charge in [0.25, 0.3) is 0 Å². The van der Waals surface area contributed by atoms with Crippen molar-refractivity contribution < 1.29 is 9.53 Å². The molecule has 28 heavy (non-hydrogen) atoms. The first-order valence-electron chi connectivity index (χ1n) is 8.76. The first-order valence-corrected chi connectivity index (χ1v) is 10.6. The van der Waals surface area contributed by atoms with E-state index in [4.69, 9.17) is 27.9 Å². The number of carbonyl (C=O) groups excluding carboxylic acids is 1. The fraction of sp³-hybridized carbons (Fsp3) is 0.136. The van der Waals surface area contributed by atoms with E-state index in [9.17, 15) is 4.79 Å². The van der Waals surface area contributed by atoms with Crippen LogP contribution in [0, 0.1) is 0 Å². The topological polar surface area (TPSA) is 29.5 Å². The maximum absolute atomic E-state index is 12.5. The number of thioether (sulfide) groups is 1. The third kappa shape index (κ3) is 4.30. The van der Waals surface area contributed by atoms with Crippen LogP contribution in [-0.2, 0) is 11.4 Å². The molecular weight excluding hydrogens is 413 g/mol. The number of anilines is 1. The van der Waals surface area contributed by atoms with Crippen LogP contribution in [0.5, 0.6) is 5.75 Å². The van der Waals surface area contributed by atoms with Crippen molar-refractivity contribution in [1.29, 1.82) is 0 Å². The largest absolute Gasteiger partial charge is 0.489 e. The van der Waals surface area contributed by atoms with Gasteiger partial charge in [-0.15, -0.1) is 11.8 Å². The number of rotatable bonds is 5. The second-order valence-corrected chi connectivity index (χ2v) is 8.34. The number of hydrogen-bond acceptors (Lipinski definition) is 3. The lowest BCUT2D eigenvalue weighted by Crippen LogP contribution is -2.27. The van der Waals surface area contributed by atoms with Gasteiger partial charge in [-0.3, -0.25) is 9.69 Å². The SMILES string of the molecule is O=C1CS[C@H](c2cccc(OCc3cccc(Cl)c3)c2)N1c1ccc(Cl)cc1. The van der Waals surface area contributed by atoms with Gasteiger partial charge >= 0.3 is 0 Å². The van der Waals surface area contributed by atoms with Gasteiger partial charge in [0, 0.05) is 15.7 Å². The molecule has 0 aliphatic carbocycles. The van der Waals surface area contributed by atoms with Gasteiger partial charge in [-0.05, 0) is 59.7 Å². The van der Waals surface area contributed by atoms with Crippen LogP contribution in [0.4, 0.5) is 5.69 Å². The quantitative estimate of drug-likeness (QED) is 0.472. The summed E-state index contributed by atoms with van der Waals surface area (Å²) in [6, 6.07) is 22.8. The Hall–Kier alpha value is -2.14. The molecule has 1 atom stereocenters. The fourth-order valence-electron chi connectivity index (χ4n) is 3.10. The molecule has 142 valence electrons. The summed E-state index contributed by atoms with van der Waals surface area (Å²) >= 11 is 13.6. The van der Waals surface area contributed by atoms with Gasteiger partial charge in [-0.1, -0.05) is 47.5 Å². The highest BCUT2D eigenvalue weighted by atomic mass is 35.5. The predicted molar refractivity (Wildman–Crippen MR) is 116 cm³/mol. The Bertz CT molecular complexity index is 994. The second kappa shape index (κ2) is 8.48. The number of nitrogens with zero attached hydrogens (tertiary/aromatic N) is 1. The lowest BCUT2D eigenvalue weighted by molar-refractivity contribution is -0.115. The van der Waals surface area contributed by atoms with E-state index in [0.717, 1.165) is 22.6 Å². The Morgan fingerprint density at radius 1 is 0.964 bits per heavy atom. The molecule has 0 unspecified atom stereocenters. The highest BCUT2D eigenvalue weighted by molar-refractivity contribution is 8.00. The number of benzene rings is 3. The lowest BCUT2D eigenvalue weighted by Gasteiger charge is -2.24. The van der Waals surface area contributed by atoms with Crippen LogP contribution in [0.1, 0.15) is 16.5 Å². The average Bonchev–Trinajstić information content (AvgIpc) is 3.09. The standard InChI is InChI=1S/C22H17Cl2NO2S/c23-17-7-9-19(10-8-17)25-21(26)14-28-22(25)16-4-2-6-20(12-16)27-13-15-3-1-5-18(24)11-15/h1-12,22H,13-14H2/t22-/m1/s1. The minimum absolute atomic E-state index is 0.0857. The van der Waals surface area contributed by atoms with Crippen LogP contribution in [0.2, 0.25) is 10.0 Å². The molecule has 0 saturated carbocycles. The Labute approximate surface area is 178 Å². The van der Waals surface area contributed by atoms with Crippen LogP contribution in [0.3, 0.4) is 0 Å². The molecule has 1 aliphatic rings. The maximum Gasteiger partial charge on any atom is 0.238 e. The molecule has 3 aromatic rings. The zero-order valence-corrected chi connectivity index (χ0v) is 17.2. The Kier molecular flexibility index (Phi) is 5.81. The van der Waals surface area contributed by atoms with Crippen molar-refractivity contribution in [1.82, 2.24) is 0 Å². The first kappa shape index (κ1) is 19.2. The summed E-state index contributed by atoms with van der Waals surface area (Å²) in [6.45, 7) is 0.432. The van der Waals surface area contributed by atoms with Crippen molar-refractivity contribution in [3.63, 3.8) is 0 Å². The smallest absolute Gasteiger partial charge is 0.238 e. The summed E-state index contributed by atoms with van der Waals surface area (Å²) < 4.78 is 5.94. The first-order chi connectivity index (χ1) is 13.6. The van der Waals surface area contributed by atoms with E-state index in [0.29, 0.717) is 22.4 Å². The van der Waals surface area contributed by atoms with Gasteiger partial charge in [0.2, 0.25) is 5.91 Å². The number of hydrogen-bond donors (Lipinski definition) is 0. The maximum atomic E-state index is 12.5. The number of amides is 1. The van der Waals surface area contributed by atoms with E-state index in [1.807, 2.05) is 65.6 Å². The van der Waals surface area contributed by atoms with E-state index in [2.05, 4.69) is 0 Å². The zero-order valence-electron chi connectivity index (χ0n) is 14.8. The number of halogens is 2. The van der Waals surface area contributed by atoms with Crippen molar-refractivity contribution in [2.24, 2.45) is 0 Å². The summed E-state index contributed by atoms with van der Waals surface area (Å²) in [7, 11) is 0. The fourth-order valence-corrected chi connectivity index (χ4v) is 4.61. The van der Waals surface area contributed by atoms with Gasteiger partial charge in [0.1, 0.15) is 17.7 Å². The Balaban J connectivity index is 1.54. The normalized spacial score (nSPS) is 16.4. The molecule has 4 rings (SSSR count). The summed E-state index contributed by atoms with van der Waals surface area (Å²) in [5.74, 6) is 1.29. The Morgan fingerprint density at radius 3 is 2.54 bits per heavy atom. The molecule has 0 spiro atoms. The minimum atomic E-state index is -0.0941. The molecule has 3 nitrogen and oxygen atoms in total. The van der Waals surface area contributed by atoms with E-state index in [1.54, 1.807) is 23.9 Å². The van der Waals surface area contributed by atoms with Gasteiger partial charge in [0.15, 0.2) is 0 Å². The highest BCUT2D eigenvalue weighted by Crippen LogP contribution is 2.42. The van der Waals surface area contributed by atoms with Crippen molar-refractivity contribution in [2.75, 3.05) is 10.7 Å². The van der Waals surface area contributed by atoms with Crippen molar-refractivity contribution in [3.05, 3.63) is 94.0 Å². The zero-order chi connectivity index (χ0) is 19.5. The molecule has 0 radical (unpaired) electrons. The number of carbonyl (C=O) groups is 1. The van der Waals surface area contributed by atoms with E-state index < -0.39 is 0 Å². The van der Waals surface area contributed by atoms with Crippen LogP contribution < -0.4 is 9.64 Å². The van der Waals surface area contributed by atoms with Crippen LogP contribution in [-0.4, -0.2) is 11.7 Å². The average molecular weight is 430 g/mol. The molecule has 1 fully saturated rings. The Morgan fingerprint density at radius 2 is 1.75 bits per heavy atom. The molecule has 1 heterocycles. The van der Waals surface area contributed by atoms with Crippen molar-refractivity contribution in [2.45, 2.75) is 12.0 Å². The predicted octanol–water partition coefficient (Wildman–Crippen LogP) is 6.35. The van der Waals surface area contributed by atoms with Crippen LogP contribution in [0.25, 0.3) is 0 Å². The summed E-state index contributed by atoms with van der Waals surface area (Å²) in [5, 5.41) is 1.24. The third-order valence-electron chi connectivity index (χ3n) is 4.41. The van der Waals surface area contributed by atoms with Crippen LogP contribution in [0.15, 0.2) is 72.8 Å². The molecule has 0 N–H and O–H groups in total. The molecule has 6 heteroatoms. The third-order valence-corrected chi connectivity index (χ3v) is 6.11. The van der Waals surface area contributed by atoms with Crippen LogP contribution >= 0.6 is 35.0 Å². The lowest BCUT2D eigenvalue weighted by atomic mass is 10.1. The van der Waals surface area contributed by atoms with E-state index >= 15 is 0 Å². The molecular formula is C22H17Cl2NO2S. The van der Waals surface area contributed by atoms with Crippen molar-refractivity contribution in [3.8, 4) is 5.75 Å². The van der Waals surface area contributed by atoms with Gasteiger partial charge in [0.05, 0.1) is 5.75 Å². The molecule has 0 aromatic heterocycles. The highest BCUT2D eigenvalue weighted by Gasteiger charge is 2.34. The summed E-state index contributed by atoms with van der Waals surface area (Å²) in [6.07, 6.45) is 0. The van der Waals surface area contributed by atoms with E-state index in [1.165, 1.54) is 0 Å². The van der Waals surface area contributed by atoms with Crippen molar-refractivity contribution >= 4 is 46.6 Å². The summed E-state index contributed by atoms with van der Waals surface area (Å²) in [4.78, 5) is 14.3. The van der Waals surface area contributed by atoms with Gasteiger partial charge in [-0.25, -0.2) is 0 Å². The molecule has 0 bridgehead atoms. The molecule has 3 aromatic carbocycles.